The summed E-state index contributed by atoms with van der Waals surface area (Å²) < 4.78 is 4.41. The monoisotopic (exact) mass is 246 g/mol. The summed E-state index contributed by atoms with van der Waals surface area (Å²) >= 11 is 0. The summed E-state index contributed by atoms with van der Waals surface area (Å²) in [6.45, 7) is -0.0162. The van der Waals surface area contributed by atoms with Gasteiger partial charge in [-0.3, -0.25) is 14.9 Å². The number of esters is 1. The van der Waals surface area contributed by atoms with Crippen LogP contribution in [0.2, 0.25) is 0 Å². The van der Waals surface area contributed by atoms with E-state index in [0.29, 0.717) is 5.69 Å². The zero-order valence-electron chi connectivity index (χ0n) is 8.50. The third-order valence-electron chi connectivity index (χ3n) is 1.72. The first-order valence-corrected chi connectivity index (χ1v) is 4.18. The molecule has 88 valence electrons. The number of ether oxygens (including phenoxy) is 1. The molecule has 0 spiro atoms. The van der Waals surface area contributed by atoms with E-state index in [0.717, 1.165) is 0 Å². The van der Waals surface area contributed by atoms with E-state index < -0.39 is 10.9 Å². The Morgan fingerprint density at radius 2 is 2.25 bits per heavy atom. The molecule has 0 unspecified atom stereocenters. The van der Waals surface area contributed by atoms with Gasteiger partial charge in [0.1, 0.15) is 6.54 Å². The second-order valence-corrected chi connectivity index (χ2v) is 2.74. The molecule has 7 heteroatoms. The van der Waals surface area contributed by atoms with Crippen LogP contribution in [-0.4, -0.2) is 24.5 Å². The van der Waals surface area contributed by atoms with Crippen LogP contribution in [0, 0.1) is 10.1 Å². The van der Waals surface area contributed by atoms with Gasteiger partial charge in [0.15, 0.2) is 0 Å². The van der Waals surface area contributed by atoms with E-state index in [1.54, 1.807) is 6.07 Å². The maximum atomic E-state index is 10.8. The predicted molar refractivity (Wildman–Crippen MR) is 60.9 cm³/mol. The van der Waals surface area contributed by atoms with Gasteiger partial charge in [-0.15, -0.1) is 12.4 Å². The Bertz CT molecular complexity index is 384. The minimum atomic E-state index is -0.497. The maximum Gasteiger partial charge on any atom is 0.325 e. The van der Waals surface area contributed by atoms with Crippen molar-refractivity contribution in [3.05, 3.63) is 34.4 Å². The number of carbonyl (C=O) groups excluding carboxylic acids is 1. The molecule has 16 heavy (non-hydrogen) atoms. The molecule has 1 rings (SSSR count). The number of non-ortho nitro benzene ring substituents is 1. The first kappa shape index (κ1) is 14.2. The van der Waals surface area contributed by atoms with Crippen molar-refractivity contribution in [2.24, 2.45) is 0 Å². The Balaban J connectivity index is 0.00000225. The minimum absolute atomic E-state index is 0. The predicted octanol–water partition coefficient (Wildman–Crippen LogP) is 1.60. The highest BCUT2D eigenvalue weighted by atomic mass is 35.5. The van der Waals surface area contributed by atoms with E-state index >= 15 is 0 Å². The molecule has 1 N–H and O–H groups in total. The van der Waals surface area contributed by atoms with Crippen LogP contribution >= 0.6 is 12.4 Å². The van der Waals surface area contributed by atoms with E-state index in [9.17, 15) is 14.9 Å². The number of methoxy groups -OCH3 is 1. The number of rotatable bonds is 4. The molecule has 1 aromatic carbocycles. The van der Waals surface area contributed by atoms with Crippen molar-refractivity contribution in [3.8, 4) is 0 Å². The van der Waals surface area contributed by atoms with Crippen LogP contribution < -0.4 is 5.32 Å². The summed E-state index contributed by atoms with van der Waals surface area (Å²) in [4.78, 5) is 20.7. The van der Waals surface area contributed by atoms with Crippen molar-refractivity contribution in [1.82, 2.24) is 0 Å². The van der Waals surface area contributed by atoms with Crippen molar-refractivity contribution in [1.29, 1.82) is 0 Å². The lowest BCUT2D eigenvalue weighted by molar-refractivity contribution is -0.384. The molecule has 6 nitrogen and oxygen atoms in total. The second-order valence-electron chi connectivity index (χ2n) is 2.74. The smallest absolute Gasteiger partial charge is 0.325 e. The van der Waals surface area contributed by atoms with E-state index in [2.05, 4.69) is 10.1 Å². The van der Waals surface area contributed by atoms with Crippen LogP contribution in [-0.2, 0) is 9.53 Å². The van der Waals surface area contributed by atoms with Gasteiger partial charge in [0.25, 0.3) is 5.69 Å². The normalized spacial score (nSPS) is 8.81. The molecule has 0 bridgehead atoms. The molecule has 0 fully saturated rings. The highest BCUT2D eigenvalue weighted by Gasteiger charge is 2.06. The molecule has 0 aliphatic rings. The van der Waals surface area contributed by atoms with E-state index in [1.165, 1.54) is 25.3 Å². The molecule has 0 aromatic heterocycles. The number of nitro groups is 1. The Hall–Kier alpha value is -1.82. The van der Waals surface area contributed by atoms with Crippen LogP contribution in [0.5, 0.6) is 0 Å². The van der Waals surface area contributed by atoms with E-state index in [1.807, 2.05) is 0 Å². The lowest BCUT2D eigenvalue weighted by atomic mass is 10.3. The average molecular weight is 247 g/mol. The third-order valence-corrected chi connectivity index (χ3v) is 1.72. The second kappa shape index (κ2) is 6.62. The molecular formula is C9H11ClN2O4. The number of anilines is 1. The molecule has 0 radical (unpaired) electrons. The van der Waals surface area contributed by atoms with Crippen molar-refractivity contribution in [2.75, 3.05) is 19.0 Å². The van der Waals surface area contributed by atoms with Gasteiger partial charge >= 0.3 is 5.97 Å². The third kappa shape index (κ3) is 4.14. The van der Waals surface area contributed by atoms with Gasteiger partial charge in [-0.1, -0.05) is 6.07 Å². The molecule has 0 aliphatic carbocycles. The molecule has 0 saturated carbocycles. The zero-order chi connectivity index (χ0) is 11.3. The van der Waals surface area contributed by atoms with Crippen molar-refractivity contribution >= 4 is 29.8 Å². The number of nitrogens with one attached hydrogen (secondary N) is 1. The highest BCUT2D eigenvalue weighted by molar-refractivity contribution is 5.85. The van der Waals surface area contributed by atoms with Gasteiger partial charge in [-0.25, -0.2) is 0 Å². The van der Waals surface area contributed by atoms with Gasteiger partial charge in [0.2, 0.25) is 0 Å². The van der Waals surface area contributed by atoms with Gasteiger partial charge < -0.3 is 10.1 Å². The molecule has 0 saturated heterocycles. The fourth-order valence-corrected chi connectivity index (χ4v) is 0.976. The molecule has 0 amide bonds. The summed E-state index contributed by atoms with van der Waals surface area (Å²) in [7, 11) is 1.28. The SMILES string of the molecule is COC(=O)CNc1cccc([N+](=O)[O-])c1.Cl. The largest absolute Gasteiger partial charge is 0.468 e. The average Bonchev–Trinajstić information content (AvgIpc) is 2.26. The number of nitro benzene ring substituents is 1. The van der Waals surface area contributed by atoms with Gasteiger partial charge in [-0.2, -0.15) is 0 Å². The van der Waals surface area contributed by atoms with Crippen molar-refractivity contribution < 1.29 is 14.5 Å². The molecule has 1 aromatic rings. The Morgan fingerprint density at radius 1 is 1.56 bits per heavy atom. The first-order chi connectivity index (χ1) is 7.13. The molecule has 0 atom stereocenters. The summed E-state index contributed by atoms with van der Waals surface area (Å²) in [6, 6.07) is 5.90. The van der Waals surface area contributed by atoms with E-state index in [4.69, 9.17) is 0 Å². The lowest BCUT2D eigenvalue weighted by Gasteiger charge is -2.03. The minimum Gasteiger partial charge on any atom is -0.468 e. The highest BCUT2D eigenvalue weighted by Crippen LogP contribution is 2.16. The number of hydrogen-bond acceptors (Lipinski definition) is 5. The van der Waals surface area contributed by atoms with Crippen molar-refractivity contribution in [2.45, 2.75) is 0 Å². The number of benzene rings is 1. The molecule has 0 heterocycles. The lowest BCUT2D eigenvalue weighted by Crippen LogP contribution is -2.14. The molecule has 0 aliphatic heterocycles. The first-order valence-electron chi connectivity index (χ1n) is 4.18. The number of carbonyl (C=O) groups is 1. The number of hydrogen-bond donors (Lipinski definition) is 1. The summed E-state index contributed by atoms with van der Waals surface area (Å²) in [5, 5.41) is 13.1. The summed E-state index contributed by atoms with van der Waals surface area (Å²) in [5.74, 6) is -0.429. The van der Waals surface area contributed by atoms with Gasteiger partial charge in [-0.05, 0) is 6.07 Å². The van der Waals surface area contributed by atoms with Crippen LogP contribution in [0.4, 0.5) is 11.4 Å². The van der Waals surface area contributed by atoms with Crippen LogP contribution in [0.3, 0.4) is 0 Å². The van der Waals surface area contributed by atoms with Crippen LogP contribution in [0.25, 0.3) is 0 Å². The Morgan fingerprint density at radius 3 is 2.81 bits per heavy atom. The van der Waals surface area contributed by atoms with Crippen LogP contribution in [0.1, 0.15) is 0 Å². The van der Waals surface area contributed by atoms with Gasteiger partial charge in [0, 0.05) is 17.8 Å². The quantitative estimate of drug-likeness (QED) is 0.496. The Kier molecular flexibility index (Phi) is 5.87. The zero-order valence-corrected chi connectivity index (χ0v) is 9.32. The summed E-state index contributed by atoms with van der Waals surface area (Å²) in [6.07, 6.45) is 0. The maximum absolute atomic E-state index is 10.8. The topological polar surface area (TPSA) is 81.5 Å². The fourth-order valence-electron chi connectivity index (χ4n) is 0.976. The standard InChI is InChI=1S/C9H10N2O4.ClH/c1-15-9(12)6-10-7-3-2-4-8(5-7)11(13)14;/h2-5,10H,6H2,1H3;1H. The Labute approximate surface area is 98.2 Å². The fraction of sp³-hybridized carbons (Fsp3) is 0.222. The number of halogens is 1. The summed E-state index contributed by atoms with van der Waals surface area (Å²) in [5.41, 5.74) is 0.486. The van der Waals surface area contributed by atoms with Crippen molar-refractivity contribution in [3.63, 3.8) is 0 Å². The van der Waals surface area contributed by atoms with Crippen LogP contribution in [0.15, 0.2) is 24.3 Å². The molecular weight excluding hydrogens is 236 g/mol. The van der Waals surface area contributed by atoms with E-state index in [-0.39, 0.29) is 24.6 Å². The number of nitrogens with zero attached hydrogens (tertiary/aromatic N) is 1. The van der Waals surface area contributed by atoms with Gasteiger partial charge in [0.05, 0.1) is 12.0 Å².